The van der Waals surface area contributed by atoms with Crippen LogP contribution in [0.25, 0.3) is 10.9 Å². The number of hydrogen-bond donors (Lipinski definition) is 0. The number of benzene rings is 2. The summed E-state index contributed by atoms with van der Waals surface area (Å²) in [5.74, 6) is 0.826. The Balaban J connectivity index is 1.50. The number of fused-ring (bicyclic) bond motifs is 1. The van der Waals surface area contributed by atoms with E-state index in [1.165, 1.54) is 0 Å². The van der Waals surface area contributed by atoms with Crippen LogP contribution < -0.4 is 4.90 Å². The van der Waals surface area contributed by atoms with Crippen LogP contribution in [-0.2, 0) is 14.8 Å². The Bertz CT molecular complexity index is 1270. The molecule has 1 aromatic heterocycles. The van der Waals surface area contributed by atoms with Crippen LogP contribution in [0.3, 0.4) is 0 Å². The zero-order valence-corrected chi connectivity index (χ0v) is 24.4. The zero-order valence-electron chi connectivity index (χ0n) is 23.6. The van der Waals surface area contributed by atoms with Crippen molar-refractivity contribution in [1.29, 1.82) is 0 Å². The second-order valence-electron chi connectivity index (χ2n) is 10.1. The summed E-state index contributed by atoms with van der Waals surface area (Å²) in [7, 11) is -3.64. The Morgan fingerprint density at radius 3 is 2.26 bits per heavy atom. The second-order valence-corrected chi connectivity index (χ2v) is 12.1. The first-order valence-electron chi connectivity index (χ1n) is 14.4. The molecule has 1 aliphatic rings. The van der Waals surface area contributed by atoms with Gasteiger partial charge in [0.15, 0.2) is 0 Å². The summed E-state index contributed by atoms with van der Waals surface area (Å²) in [6.07, 6.45) is 5.86. The molecule has 8 nitrogen and oxygen atoms in total. The molecule has 39 heavy (non-hydrogen) atoms. The summed E-state index contributed by atoms with van der Waals surface area (Å²) in [5.41, 5.74) is 1.92. The van der Waals surface area contributed by atoms with Crippen LogP contribution in [0.2, 0.25) is 0 Å². The molecule has 0 bridgehead atoms. The molecule has 1 atom stereocenters. The number of nitrogens with zero attached hydrogens (tertiary/aromatic N) is 5. The predicted octanol–water partition coefficient (Wildman–Crippen LogP) is 5.12. The number of rotatable bonds is 14. The van der Waals surface area contributed by atoms with Crippen LogP contribution in [0.4, 0.5) is 5.82 Å². The summed E-state index contributed by atoms with van der Waals surface area (Å²) in [4.78, 5) is 13.9. The topological polar surface area (TPSA) is 78.9 Å². The van der Waals surface area contributed by atoms with Crippen molar-refractivity contribution in [2.24, 2.45) is 0 Å². The fourth-order valence-corrected chi connectivity index (χ4v) is 6.56. The standard InChI is InChI=1S/C30H43N5O3S/c1-4-7-16-34(17-8-5-2)30-27-22-26(14-15-28(27)31-24-32-30)39(36,37)35-20-18-33(19-21-35)23-29(38-6-3)25-12-10-9-11-13-25/h9-15,22,24,29H,4-8,16-21,23H2,1-3H3. The minimum atomic E-state index is -3.64. The molecule has 4 rings (SSSR count). The van der Waals surface area contributed by atoms with Gasteiger partial charge in [0.25, 0.3) is 0 Å². The molecule has 9 heteroatoms. The van der Waals surface area contributed by atoms with Gasteiger partial charge in [-0.05, 0) is 43.5 Å². The third-order valence-corrected chi connectivity index (χ3v) is 9.28. The molecule has 1 unspecified atom stereocenters. The summed E-state index contributed by atoms with van der Waals surface area (Å²) in [5, 5.41) is 0.798. The molecular weight excluding hydrogens is 510 g/mol. The van der Waals surface area contributed by atoms with Gasteiger partial charge >= 0.3 is 0 Å². The normalized spacial score (nSPS) is 16.0. The van der Waals surface area contributed by atoms with E-state index in [0.717, 1.165) is 67.6 Å². The lowest BCUT2D eigenvalue weighted by atomic mass is 10.1. The first-order valence-corrected chi connectivity index (χ1v) is 15.8. The van der Waals surface area contributed by atoms with E-state index in [9.17, 15) is 8.42 Å². The van der Waals surface area contributed by atoms with E-state index in [1.54, 1.807) is 22.8 Å². The van der Waals surface area contributed by atoms with Crippen LogP contribution in [-0.4, -0.2) is 80.0 Å². The van der Waals surface area contributed by atoms with E-state index in [1.807, 2.05) is 31.2 Å². The molecule has 1 saturated heterocycles. The number of piperazine rings is 1. The van der Waals surface area contributed by atoms with Crippen molar-refractivity contribution in [3.8, 4) is 0 Å². The van der Waals surface area contributed by atoms with E-state index >= 15 is 0 Å². The van der Waals surface area contributed by atoms with Gasteiger partial charge in [-0.25, -0.2) is 18.4 Å². The maximum atomic E-state index is 13.7. The highest BCUT2D eigenvalue weighted by Crippen LogP contribution is 2.28. The molecule has 1 aliphatic heterocycles. The Kier molecular flexibility index (Phi) is 10.7. The molecule has 0 saturated carbocycles. The van der Waals surface area contributed by atoms with Crippen LogP contribution >= 0.6 is 0 Å². The van der Waals surface area contributed by atoms with Gasteiger partial charge in [-0.3, -0.25) is 4.90 Å². The van der Waals surface area contributed by atoms with Crippen LogP contribution in [0, 0.1) is 0 Å². The molecule has 1 fully saturated rings. The first-order chi connectivity index (χ1) is 19.0. The maximum absolute atomic E-state index is 13.7. The fourth-order valence-electron chi connectivity index (χ4n) is 5.12. The van der Waals surface area contributed by atoms with Gasteiger partial charge in [-0.15, -0.1) is 0 Å². The first kappa shape index (κ1) is 29.4. The fraction of sp³-hybridized carbons (Fsp3) is 0.533. The third kappa shape index (κ3) is 7.33. The largest absolute Gasteiger partial charge is 0.372 e. The molecule has 0 N–H and O–H groups in total. The van der Waals surface area contributed by atoms with Gasteiger partial charge in [0.1, 0.15) is 12.1 Å². The summed E-state index contributed by atoms with van der Waals surface area (Å²) in [6.45, 7) is 11.8. The van der Waals surface area contributed by atoms with Gasteiger partial charge in [-0.1, -0.05) is 57.0 Å². The molecular formula is C30H43N5O3S. The molecule has 212 valence electrons. The number of ether oxygens (including phenoxy) is 1. The van der Waals surface area contributed by atoms with Crippen LogP contribution in [0.5, 0.6) is 0 Å². The highest BCUT2D eigenvalue weighted by atomic mass is 32.2. The highest BCUT2D eigenvalue weighted by molar-refractivity contribution is 7.89. The number of anilines is 1. The highest BCUT2D eigenvalue weighted by Gasteiger charge is 2.30. The van der Waals surface area contributed by atoms with Gasteiger partial charge < -0.3 is 9.64 Å². The number of unbranched alkanes of at least 4 members (excludes halogenated alkanes) is 2. The predicted molar refractivity (Wildman–Crippen MR) is 158 cm³/mol. The summed E-state index contributed by atoms with van der Waals surface area (Å²) in [6, 6.07) is 15.5. The van der Waals surface area contributed by atoms with E-state index in [-0.39, 0.29) is 6.10 Å². The summed E-state index contributed by atoms with van der Waals surface area (Å²) >= 11 is 0. The van der Waals surface area contributed by atoms with E-state index in [0.29, 0.717) is 37.7 Å². The Morgan fingerprint density at radius 2 is 1.62 bits per heavy atom. The van der Waals surface area contributed by atoms with Crippen molar-refractivity contribution in [1.82, 2.24) is 19.2 Å². The molecule has 3 aromatic rings. The van der Waals surface area contributed by atoms with Crippen LogP contribution in [0.1, 0.15) is 58.1 Å². The molecule has 2 heterocycles. The summed E-state index contributed by atoms with van der Waals surface area (Å²) < 4.78 is 35.1. The Hall–Kier alpha value is -2.59. The van der Waals surface area contributed by atoms with Gasteiger partial charge in [0.05, 0.1) is 16.5 Å². The Labute approximate surface area is 234 Å². The third-order valence-electron chi connectivity index (χ3n) is 7.38. The molecule has 0 amide bonds. The van der Waals surface area contributed by atoms with Crippen molar-refractivity contribution >= 4 is 26.7 Å². The molecule has 2 aromatic carbocycles. The van der Waals surface area contributed by atoms with Crippen LogP contribution in [0.15, 0.2) is 59.8 Å². The zero-order chi connectivity index (χ0) is 27.7. The van der Waals surface area contributed by atoms with Gasteiger partial charge in [0.2, 0.25) is 10.0 Å². The number of sulfonamides is 1. The van der Waals surface area contributed by atoms with E-state index in [2.05, 4.69) is 45.7 Å². The van der Waals surface area contributed by atoms with E-state index < -0.39 is 10.0 Å². The SMILES string of the molecule is CCCCN(CCCC)c1ncnc2ccc(S(=O)(=O)N3CCN(CC(OCC)c4ccccc4)CC3)cc12. The van der Waals surface area contributed by atoms with Crippen molar-refractivity contribution in [2.75, 3.05) is 57.3 Å². The minimum absolute atomic E-state index is 0.0263. The quantitative estimate of drug-likeness (QED) is 0.274. The lowest BCUT2D eigenvalue weighted by molar-refractivity contribution is 0.0249. The van der Waals surface area contributed by atoms with Crippen molar-refractivity contribution in [2.45, 2.75) is 57.5 Å². The average molecular weight is 554 g/mol. The van der Waals surface area contributed by atoms with Crippen molar-refractivity contribution in [3.05, 3.63) is 60.4 Å². The van der Waals surface area contributed by atoms with Gasteiger partial charge in [0, 0.05) is 57.8 Å². The van der Waals surface area contributed by atoms with Crippen molar-refractivity contribution < 1.29 is 13.2 Å². The second kappa shape index (κ2) is 14.2. The Morgan fingerprint density at radius 1 is 0.923 bits per heavy atom. The minimum Gasteiger partial charge on any atom is -0.372 e. The molecule has 0 aliphatic carbocycles. The maximum Gasteiger partial charge on any atom is 0.243 e. The van der Waals surface area contributed by atoms with Gasteiger partial charge in [-0.2, -0.15) is 4.31 Å². The average Bonchev–Trinajstić information content (AvgIpc) is 2.97. The lowest BCUT2D eigenvalue weighted by Gasteiger charge is -2.35. The molecule has 0 spiro atoms. The smallest absolute Gasteiger partial charge is 0.243 e. The van der Waals surface area contributed by atoms with Crippen molar-refractivity contribution in [3.63, 3.8) is 0 Å². The molecule has 0 radical (unpaired) electrons. The van der Waals surface area contributed by atoms with E-state index in [4.69, 9.17) is 4.74 Å². The lowest BCUT2D eigenvalue weighted by Crippen LogP contribution is -2.49. The monoisotopic (exact) mass is 553 g/mol. The number of hydrogen-bond acceptors (Lipinski definition) is 7. The number of aromatic nitrogens is 2.